The first kappa shape index (κ1) is 17.7. The average molecular weight is 339 g/mol. The molecule has 6 nitrogen and oxygen atoms in total. The lowest BCUT2D eigenvalue weighted by Gasteiger charge is -2.27. The van der Waals surface area contributed by atoms with E-state index >= 15 is 0 Å². The molecule has 0 amide bonds. The maximum absolute atomic E-state index is 12.1. The quantitative estimate of drug-likeness (QED) is 0.595. The van der Waals surface area contributed by atoms with Crippen molar-refractivity contribution in [2.45, 2.75) is 37.3 Å². The van der Waals surface area contributed by atoms with Crippen LogP contribution in [0.1, 0.15) is 25.7 Å². The maximum atomic E-state index is 12.1. The zero-order valence-electron chi connectivity index (χ0n) is 10.7. The Kier molecular flexibility index (Phi) is 5.44. The Labute approximate surface area is 115 Å². The van der Waals surface area contributed by atoms with E-state index < -0.39 is 31.8 Å². The molecule has 11 heteroatoms. The molecule has 1 rings (SSSR count). The number of sulfonamides is 1. The lowest BCUT2D eigenvalue weighted by Crippen LogP contribution is -2.34. The van der Waals surface area contributed by atoms with E-state index in [2.05, 4.69) is 8.91 Å². The summed E-state index contributed by atoms with van der Waals surface area (Å²) in [5.41, 5.74) is -5.43. The summed E-state index contributed by atoms with van der Waals surface area (Å²) >= 11 is 0. The fourth-order valence-electron chi connectivity index (χ4n) is 2.02. The summed E-state index contributed by atoms with van der Waals surface area (Å²) in [5, 5.41) is 0. The second-order valence-electron chi connectivity index (χ2n) is 4.62. The largest absolute Gasteiger partial charge is 0.523 e. The Morgan fingerprint density at radius 3 is 2.00 bits per heavy atom. The van der Waals surface area contributed by atoms with E-state index in [9.17, 15) is 30.0 Å². The van der Waals surface area contributed by atoms with Gasteiger partial charge in [0.05, 0.1) is 11.9 Å². The van der Waals surface area contributed by atoms with E-state index in [1.54, 1.807) is 0 Å². The number of rotatable bonds is 5. The number of hydrogen-bond acceptors (Lipinski definition) is 5. The fraction of sp³-hybridized carbons (Fsp3) is 1.00. The van der Waals surface area contributed by atoms with Gasteiger partial charge in [0.15, 0.2) is 0 Å². The standard InChI is InChI=1S/C9H16F3NO5S2/c1-13-19(14,15)6-7-2-4-8(5-3-7)18-20(16,17)9(10,11)12/h7-8,13H,2-6H2,1H3. The van der Waals surface area contributed by atoms with Gasteiger partial charge < -0.3 is 0 Å². The van der Waals surface area contributed by atoms with Crippen molar-refractivity contribution in [1.29, 1.82) is 0 Å². The van der Waals surface area contributed by atoms with Crippen LogP contribution in [0.5, 0.6) is 0 Å². The molecule has 1 saturated carbocycles. The molecule has 0 radical (unpaired) electrons. The first-order valence-corrected chi connectivity index (χ1v) is 8.93. The third-order valence-corrected chi connectivity index (χ3v) is 5.73. The van der Waals surface area contributed by atoms with Crippen LogP contribution in [0.2, 0.25) is 0 Å². The molecule has 0 saturated heterocycles. The minimum Gasteiger partial charge on any atom is -0.260 e. The van der Waals surface area contributed by atoms with Crippen molar-refractivity contribution >= 4 is 20.1 Å². The Balaban J connectivity index is 2.52. The molecule has 0 spiro atoms. The maximum Gasteiger partial charge on any atom is 0.523 e. The summed E-state index contributed by atoms with van der Waals surface area (Å²) in [6, 6.07) is 0. The van der Waals surface area contributed by atoms with Crippen LogP contribution in [0.3, 0.4) is 0 Å². The molecule has 20 heavy (non-hydrogen) atoms. The highest BCUT2D eigenvalue weighted by Crippen LogP contribution is 2.32. The molecule has 1 aliphatic rings. The minimum absolute atomic E-state index is 0.0826. The highest BCUT2D eigenvalue weighted by Gasteiger charge is 2.48. The van der Waals surface area contributed by atoms with Crippen molar-refractivity contribution in [3.8, 4) is 0 Å². The van der Waals surface area contributed by atoms with Crippen molar-refractivity contribution < 1.29 is 34.2 Å². The molecular formula is C9H16F3NO5S2. The van der Waals surface area contributed by atoms with E-state index in [0.29, 0.717) is 12.8 Å². The third kappa shape index (κ3) is 4.86. The van der Waals surface area contributed by atoms with Gasteiger partial charge in [-0.2, -0.15) is 21.6 Å². The first-order valence-electron chi connectivity index (χ1n) is 5.87. The van der Waals surface area contributed by atoms with Crippen molar-refractivity contribution in [2.24, 2.45) is 5.92 Å². The lowest BCUT2D eigenvalue weighted by atomic mass is 9.89. The third-order valence-electron chi connectivity index (χ3n) is 3.11. The molecule has 0 aromatic carbocycles. The smallest absolute Gasteiger partial charge is 0.260 e. The Bertz CT molecular complexity index is 520. The second kappa shape index (κ2) is 6.16. The lowest BCUT2D eigenvalue weighted by molar-refractivity contribution is -0.0588. The summed E-state index contributed by atoms with van der Waals surface area (Å²) in [6.07, 6.45) is -0.272. The van der Waals surface area contributed by atoms with Gasteiger partial charge in [0, 0.05) is 0 Å². The molecule has 0 bridgehead atoms. The number of hydrogen-bond donors (Lipinski definition) is 1. The molecule has 0 heterocycles. The topological polar surface area (TPSA) is 89.5 Å². The molecule has 1 N–H and O–H groups in total. The van der Waals surface area contributed by atoms with Gasteiger partial charge in [0.25, 0.3) is 0 Å². The Hall–Kier alpha value is -0.390. The predicted octanol–water partition coefficient (Wildman–Crippen LogP) is 0.961. The van der Waals surface area contributed by atoms with Crippen LogP contribution < -0.4 is 4.72 Å². The van der Waals surface area contributed by atoms with E-state index in [1.807, 2.05) is 0 Å². The van der Waals surface area contributed by atoms with Gasteiger partial charge in [0.2, 0.25) is 10.0 Å². The summed E-state index contributed by atoms with van der Waals surface area (Å²) in [7, 11) is -7.69. The SMILES string of the molecule is CNS(=O)(=O)CC1CCC(OS(=O)(=O)C(F)(F)F)CC1. The van der Waals surface area contributed by atoms with Gasteiger partial charge in [-0.25, -0.2) is 13.1 Å². The van der Waals surface area contributed by atoms with Crippen LogP contribution in [-0.4, -0.2) is 41.2 Å². The Morgan fingerprint density at radius 1 is 1.10 bits per heavy atom. The summed E-state index contributed by atoms with van der Waals surface area (Å²) in [6.45, 7) is 0. The average Bonchev–Trinajstić information content (AvgIpc) is 2.29. The zero-order valence-corrected chi connectivity index (χ0v) is 12.3. The van der Waals surface area contributed by atoms with Crippen LogP contribution in [0, 0.1) is 5.92 Å². The van der Waals surface area contributed by atoms with Crippen molar-refractivity contribution in [1.82, 2.24) is 4.72 Å². The fourth-order valence-corrected chi connectivity index (χ4v) is 3.80. The highest BCUT2D eigenvalue weighted by atomic mass is 32.2. The predicted molar refractivity (Wildman–Crippen MR) is 64.7 cm³/mol. The Morgan fingerprint density at radius 2 is 1.60 bits per heavy atom. The van der Waals surface area contributed by atoms with Gasteiger partial charge in [-0.05, 0) is 38.6 Å². The van der Waals surface area contributed by atoms with Crippen molar-refractivity contribution in [3.63, 3.8) is 0 Å². The van der Waals surface area contributed by atoms with Gasteiger partial charge >= 0.3 is 15.6 Å². The van der Waals surface area contributed by atoms with E-state index in [4.69, 9.17) is 0 Å². The molecule has 0 aliphatic heterocycles. The first-order chi connectivity index (χ1) is 8.97. The molecular weight excluding hydrogens is 323 g/mol. The number of nitrogens with one attached hydrogen (secondary N) is 1. The van der Waals surface area contributed by atoms with Gasteiger partial charge in [0.1, 0.15) is 0 Å². The molecule has 0 aromatic heterocycles. The van der Waals surface area contributed by atoms with Crippen LogP contribution in [0.4, 0.5) is 13.2 Å². The summed E-state index contributed by atoms with van der Waals surface area (Å²) < 4.78 is 87.0. The van der Waals surface area contributed by atoms with Crippen LogP contribution in [0.15, 0.2) is 0 Å². The summed E-state index contributed by atoms with van der Waals surface area (Å²) in [4.78, 5) is 0. The van der Waals surface area contributed by atoms with Gasteiger partial charge in [-0.15, -0.1) is 0 Å². The van der Waals surface area contributed by atoms with Crippen molar-refractivity contribution in [3.05, 3.63) is 0 Å². The monoisotopic (exact) mass is 339 g/mol. The highest BCUT2D eigenvalue weighted by molar-refractivity contribution is 7.89. The van der Waals surface area contributed by atoms with Gasteiger partial charge in [-0.3, -0.25) is 4.18 Å². The van der Waals surface area contributed by atoms with Crippen LogP contribution in [0.25, 0.3) is 0 Å². The van der Waals surface area contributed by atoms with E-state index in [-0.39, 0.29) is 24.5 Å². The van der Waals surface area contributed by atoms with Crippen molar-refractivity contribution in [2.75, 3.05) is 12.8 Å². The zero-order chi connectivity index (χ0) is 15.6. The van der Waals surface area contributed by atoms with Gasteiger partial charge in [-0.1, -0.05) is 0 Å². The number of halogens is 3. The minimum atomic E-state index is -5.59. The van der Waals surface area contributed by atoms with E-state index in [1.165, 1.54) is 7.05 Å². The molecule has 0 unspecified atom stereocenters. The van der Waals surface area contributed by atoms with Crippen LogP contribution in [-0.2, 0) is 24.3 Å². The summed E-state index contributed by atoms with van der Waals surface area (Å²) in [5.74, 6) is -0.330. The second-order valence-corrected chi connectivity index (χ2v) is 8.16. The molecule has 1 fully saturated rings. The van der Waals surface area contributed by atoms with Crippen LogP contribution >= 0.6 is 0 Å². The number of alkyl halides is 3. The van der Waals surface area contributed by atoms with E-state index in [0.717, 1.165) is 0 Å². The molecule has 0 aromatic rings. The molecule has 1 aliphatic carbocycles. The molecule has 120 valence electrons. The normalized spacial score (nSPS) is 25.6. The molecule has 0 atom stereocenters.